The Morgan fingerprint density at radius 3 is 2.69 bits per heavy atom. The Balaban J connectivity index is 1.74. The molecule has 3 aromatic heterocycles. The quantitative estimate of drug-likeness (QED) is 0.622. The molecule has 4 rings (SSSR count). The van der Waals surface area contributed by atoms with Crippen molar-refractivity contribution >= 4 is 22.6 Å². The summed E-state index contributed by atoms with van der Waals surface area (Å²) >= 11 is 0. The predicted octanol–water partition coefficient (Wildman–Crippen LogP) is 2.61. The molecule has 1 N–H and O–H groups in total. The number of alkyl halides is 3. The molecule has 1 amide bonds. The molecule has 0 aliphatic carbocycles. The molecule has 1 aliphatic heterocycles. The summed E-state index contributed by atoms with van der Waals surface area (Å²) in [5, 5.41) is 3.40. The molecular formula is C21H19F3N6O2. The number of fused-ring (bicyclic) bond motifs is 1. The summed E-state index contributed by atoms with van der Waals surface area (Å²) in [6.07, 6.45) is 0.900. The number of aryl methyl sites for hydroxylation is 1. The number of amides is 1. The van der Waals surface area contributed by atoms with E-state index in [0.29, 0.717) is 30.9 Å². The number of rotatable bonds is 4. The van der Waals surface area contributed by atoms with Crippen LogP contribution in [-0.2, 0) is 18.0 Å². The Kier molecular flexibility index (Phi) is 5.41. The normalized spacial score (nSPS) is 16.4. The molecule has 166 valence electrons. The van der Waals surface area contributed by atoms with E-state index in [9.17, 15) is 22.8 Å². The first-order valence-electron chi connectivity index (χ1n) is 9.75. The van der Waals surface area contributed by atoms with Gasteiger partial charge in [0.05, 0.1) is 23.1 Å². The van der Waals surface area contributed by atoms with Gasteiger partial charge in [0.25, 0.3) is 5.56 Å². The van der Waals surface area contributed by atoms with Crippen molar-refractivity contribution in [3.63, 3.8) is 0 Å². The highest BCUT2D eigenvalue weighted by Gasteiger charge is 2.31. The van der Waals surface area contributed by atoms with E-state index >= 15 is 0 Å². The molecule has 0 saturated carbocycles. The highest BCUT2D eigenvalue weighted by molar-refractivity contribution is 5.98. The predicted molar refractivity (Wildman–Crippen MR) is 112 cm³/mol. The molecule has 0 radical (unpaired) electrons. The monoisotopic (exact) mass is 444 g/mol. The second kappa shape index (κ2) is 8.06. The summed E-state index contributed by atoms with van der Waals surface area (Å²) in [5.41, 5.74) is -0.413. The summed E-state index contributed by atoms with van der Waals surface area (Å²) in [6.45, 7) is 4.46. The molecule has 0 unspecified atom stereocenters. The lowest BCUT2D eigenvalue weighted by atomic mass is 10.1. The van der Waals surface area contributed by atoms with Crippen molar-refractivity contribution in [1.29, 1.82) is 0 Å². The number of nitrogens with zero attached hydrogens (tertiary/aromatic N) is 5. The Bertz CT molecular complexity index is 1250. The fraction of sp³-hybridized carbons (Fsp3) is 0.286. The molecule has 1 saturated heterocycles. The minimum absolute atomic E-state index is 0.130. The van der Waals surface area contributed by atoms with Gasteiger partial charge in [0, 0.05) is 44.1 Å². The van der Waals surface area contributed by atoms with Gasteiger partial charge in [-0.3, -0.25) is 14.6 Å². The highest BCUT2D eigenvalue weighted by Crippen LogP contribution is 2.32. The van der Waals surface area contributed by atoms with Crippen LogP contribution >= 0.6 is 0 Å². The van der Waals surface area contributed by atoms with Crippen molar-refractivity contribution in [3.05, 3.63) is 59.4 Å². The van der Waals surface area contributed by atoms with Gasteiger partial charge >= 0.3 is 6.18 Å². The average Bonchev–Trinajstić information content (AvgIpc) is 3.24. The number of halogens is 3. The zero-order chi connectivity index (χ0) is 23.0. The lowest BCUT2D eigenvalue weighted by Crippen LogP contribution is -2.30. The number of hydrogen-bond acceptors (Lipinski definition) is 6. The molecule has 0 bridgehead atoms. The van der Waals surface area contributed by atoms with Crippen LogP contribution in [0.2, 0.25) is 0 Å². The second-order valence-corrected chi connectivity index (χ2v) is 7.45. The topological polar surface area (TPSA) is 93.0 Å². The van der Waals surface area contributed by atoms with Crippen molar-refractivity contribution in [2.24, 2.45) is 7.05 Å². The number of carbonyl (C=O) groups is 1. The maximum Gasteiger partial charge on any atom is 0.417 e. The largest absolute Gasteiger partial charge is 0.417 e. The average molecular weight is 444 g/mol. The summed E-state index contributed by atoms with van der Waals surface area (Å²) in [7, 11) is 1.54. The van der Waals surface area contributed by atoms with Gasteiger partial charge in [0.2, 0.25) is 5.91 Å². The summed E-state index contributed by atoms with van der Waals surface area (Å²) in [4.78, 5) is 39.0. The third-order valence-corrected chi connectivity index (χ3v) is 5.33. The number of hydrogen-bond donors (Lipinski definition) is 1. The SMILES string of the molecule is C=CC(=O)N1CC[C@H](Nc2ncc(-c3ccc(C(F)(F)F)cn3)c3ncn(C)c(=O)c23)C1. The van der Waals surface area contributed by atoms with Crippen LogP contribution in [0.5, 0.6) is 0 Å². The molecule has 0 spiro atoms. The summed E-state index contributed by atoms with van der Waals surface area (Å²) < 4.78 is 39.9. The summed E-state index contributed by atoms with van der Waals surface area (Å²) in [6, 6.07) is 2.02. The van der Waals surface area contributed by atoms with E-state index in [1.54, 1.807) is 11.9 Å². The fourth-order valence-electron chi connectivity index (χ4n) is 3.63. The van der Waals surface area contributed by atoms with E-state index in [1.165, 1.54) is 29.2 Å². The van der Waals surface area contributed by atoms with Gasteiger partial charge in [-0.05, 0) is 24.6 Å². The number of aromatic nitrogens is 4. The van der Waals surface area contributed by atoms with Crippen LogP contribution in [0.25, 0.3) is 22.2 Å². The van der Waals surface area contributed by atoms with Crippen LogP contribution in [0.3, 0.4) is 0 Å². The Hall–Kier alpha value is -3.76. The molecule has 11 heteroatoms. The van der Waals surface area contributed by atoms with Gasteiger partial charge in [-0.1, -0.05) is 6.58 Å². The second-order valence-electron chi connectivity index (χ2n) is 7.45. The van der Waals surface area contributed by atoms with E-state index in [-0.39, 0.29) is 34.1 Å². The van der Waals surface area contributed by atoms with Crippen LogP contribution < -0.4 is 10.9 Å². The number of carbonyl (C=O) groups excluding carboxylic acids is 1. The van der Waals surface area contributed by atoms with E-state index in [0.717, 1.165) is 12.3 Å². The molecule has 3 aromatic rings. The van der Waals surface area contributed by atoms with Gasteiger partial charge < -0.3 is 14.8 Å². The molecule has 4 heterocycles. The zero-order valence-electron chi connectivity index (χ0n) is 17.1. The number of anilines is 1. The Morgan fingerprint density at radius 1 is 1.25 bits per heavy atom. The molecule has 1 aliphatic rings. The van der Waals surface area contributed by atoms with E-state index in [2.05, 4.69) is 26.8 Å². The van der Waals surface area contributed by atoms with Gasteiger partial charge in [0.1, 0.15) is 11.2 Å². The molecule has 8 nitrogen and oxygen atoms in total. The van der Waals surface area contributed by atoms with Crippen molar-refractivity contribution < 1.29 is 18.0 Å². The number of pyridine rings is 2. The van der Waals surface area contributed by atoms with Gasteiger partial charge in [-0.25, -0.2) is 9.97 Å². The minimum Gasteiger partial charge on any atom is -0.365 e. The third kappa shape index (κ3) is 3.93. The first-order valence-corrected chi connectivity index (χ1v) is 9.75. The Morgan fingerprint density at radius 2 is 2.03 bits per heavy atom. The van der Waals surface area contributed by atoms with Crippen molar-refractivity contribution in [2.75, 3.05) is 18.4 Å². The first kappa shape index (κ1) is 21.5. The van der Waals surface area contributed by atoms with Crippen LogP contribution in [-0.4, -0.2) is 49.5 Å². The zero-order valence-corrected chi connectivity index (χ0v) is 17.1. The Labute approximate surface area is 180 Å². The van der Waals surface area contributed by atoms with Crippen molar-refractivity contribution in [2.45, 2.75) is 18.6 Å². The number of nitrogens with one attached hydrogen (secondary N) is 1. The van der Waals surface area contributed by atoms with Crippen LogP contribution in [0.15, 0.2) is 48.3 Å². The lowest BCUT2D eigenvalue weighted by Gasteiger charge is -2.17. The van der Waals surface area contributed by atoms with Crippen LogP contribution in [0, 0.1) is 0 Å². The van der Waals surface area contributed by atoms with Crippen LogP contribution in [0.1, 0.15) is 12.0 Å². The maximum atomic E-state index is 12.9. The van der Waals surface area contributed by atoms with E-state index in [1.807, 2.05) is 0 Å². The van der Waals surface area contributed by atoms with Crippen LogP contribution in [0.4, 0.5) is 19.0 Å². The number of likely N-dealkylation sites (tertiary alicyclic amines) is 1. The lowest BCUT2D eigenvalue weighted by molar-refractivity contribution is -0.137. The molecule has 1 fully saturated rings. The first-order chi connectivity index (χ1) is 15.2. The smallest absolute Gasteiger partial charge is 0.365 e. The van der Waals surface area contributed by atoms with Gasteiger partial charge in [0.15, 0.2) is 0 Å². The summed E-state index contributed by atoms with van der Waals surface area (Å²) in [5.74, 6) is 0.121. The highest BCUT2D eigenvalue weighted by atomic mass is 19.4. The van der Waals surface area contributed by atoms with Crippen molar-refractivity contribution in [3.8, 4) is 11.3 Å². The van der Waals surface area contributed by atoms with Crippen molar-refractivity contribution in [1.82, 2.24) is 24.4 Å². The molecule has 32 heavy (non-hydrogen) atoms. The van der Waals surface area contributed by atoms with Gasteiger partial charge in [-0.15, -0.1) is 0 Å². The fourth-order valence-corrected chi connectivity index (χ4v) is 3.63. The van der Waals surface area contributed by atoms with E-state index in [4.69, 9.17) is 0 Å². The molecular weight excluding hydrogens is 425 g/mol. The third-order valence-electron chi connectivity index (χ3n) is 5.33. The minimum atomic E-state index is -4.50. The van der Waals surface area contributed by atoms with E-state index < -0.39 is 11.7 Å². The maximum absolute atomic E-state index is 12.9. The van der Waals surface area contributed by atoms with Gasteiger partial charge in [-0.2, -0.15) is 13.2 Å². The standard InChI is InChI=1S/C21H19F3N6O2/c1-3-16(31)30-7-6-13(10-30)28-19-17-18(27-11-29(2)20(17)32)14(9-26-19)15-5-4-12(8-25-15)21(22,23)24/h3-5,8-9,11,13H,1,6-7,10H2,2H3,(H,26,28)/t13-/m0/s1. The molecule has 0 aromatic carbocycles. The molecule has 1 atom stereocenters.